The summed E-state index contributed by atoms with van der Waals surface area (Å²) in [5, 5.41) is 4.42. The highest BCUT2D eigenvalue weighted by Gasteiger charge is 2.32. The predicted octanol–water partition coefficient (Wildman–Crippen LogP) is 4.55. The van der Waals surface area contributed by atoms with Crippen LogP contribution in [0.3, 0.4) is 0 Å². The van der Waals surface area contributed by atoms with E-state index in [9.17, 15) is 4.39 Å². The number of amidine groups is 1. The fourth-order valence-electron chi connectivity index (χ4n) is 1.86. The van der Waals surface area contributed by atoms with Gasteiger partial charge in [-0.15, -0.1) is 0 Å². The summed E-state index contributed by atoms with van der Waals surface area (Å²) in [5.41, 5.74) is 0.742. The van der Waals surface area contributed by atoms with Crippen LogP contribution in [0.25, 0.3) is 0 Å². The SMILES string of the molecule is CCC1(CC)CSC(Nc2ccc(F)cc2Cl)=N1. The van der Waals surface area contributed by atoms with Crippen LogP contribution in [0.15, 0.2) is 23.2 Å². The van der Waals surface area contributed by atoms with Crippen LogP contribution in [0.4, 0.5) is 10.1 Å². The molecule has 0 radical (unpaired) electrons. The molecule has 0 unspecified atom stereocenters. The molecule has 1 aliphatic rings. The van der Waals surface area contributed by atoms with E-state index in [1.807, 2.05) is 0 Å². The van der Waals surface area contributed by atoms with Crippen molar-refractivity contribution in [1.82, 2.24) is 0 Å². The molecule has 0 aliphatic carbocycles. The van der Waals surface area contributed by atoms with Crippen LogP contribution in [0.1, 0.15) is 26.7 Å². The fraction of sp³-hybridized carbons (Fsp3) is 0.462. The smallest absolute Gasteiger partial charge is 0.161 e. The van der Waals surface area contributed by atoms with E-state index in [0.717, 1.165) is 23.8 Å². The van der Waals surface area contributed by atoms with E-state index in [4.69, 9.17) is 16.6 Å². The molecule has 0 fully saturated rings. The molecule has 0 saturated carbocycles. The lowest BCUT2D eigenvalue weighted by Crippen LogP contribution is -2.24. The van der Waals surface area contributed by atoms with Crippen LogP contribution in [-0.2, 0) is 0 Å². The minimum absolute atomic E-state index is 0.0412. The molecule has 0 aromatic heterocycles. The average Bonchev–Trinajstić information content (AvgIpc) is 2.77. The van der Waals surface area contributed by atoms with Gasteiger partial charge in [0.2, 0.25) is 0 Å². The number of hydrogen-bond donors (Lipinski definition) is 1. The van der Waals surface area contributed by atoms with Gasteiger partial charge in [-0.05, 0) is 31.0 Å². The van der Waals surface area contributed by atoms with Gasteiger partial charge in [-0.1, -0.05) is 37.2 Å². The highest BCUT2D eigenvalue weighted by molar-refractivity contribution is 8.14. The molecule has 0 spiro atoms. The van der Waals surface area contributed by atoms with Gasteiger partial charge in [-0.3, -0.25) is 4.99 Å². The second-order valence-corrected chi connectivity index (χ2v) is 5.76. The summed E-state index contributed by atoms with van der Waals surface area (Å²) in [6, 6.07) is 4.33. The minimum Gasteiger partial charge on any atom is -0.334 e. The maximum atomic E-state index is 12.9. The summed E-state index contributed by atoms with van der Waals surface area (Å²) < 4.78 is 12.9. The van der Waals surface area contributed by atoms with Crippen molar-refractivity contribution in [2.45, 2.75) is 32.2 Å². The van der Waals surface area contributed by atoms with Crippen molar-refractivity contribution in [3.63, 3.8) is 0 Å². The van der Waals surface area contributed by atoms with Crippen molar-refractivity contribution in [2.24, 2.45) is 4.99 Å². The van der Waals surface area contributed by atoms with Crippen LogP contribution in [0.5, 0.6) is 0 Å². The van der Waals surface area contributed by atoms with Gasteiger partial charge in [-0.25, -0.2) is 4.39 Å². The Morgan fingerprint density at radius 3 is 2.72 bits per heavy atom. The molecule has 0 bridgehead atoms. The molecule has 18 heavy (non-hydrogen) atoms. The van der Waals surface area contributed by atoms with Gasteiger partial charge in [0.1, 0.15) is 5.82 Å². The van der Waals surface area contributed by atoms with Crippen LogP contribution < -0.4 is 5.32 Å². The Labute approximate surface area is 116 Å². The first-order chi connectivity index (χ1) is 8.58. The molecule has 1 aromatic carbocycles. The highest BCUT2D eigenvalue weighted by Crippen LogP contribution is 2.34. The van der Waals surface area contributed by atoms with Crippen LogP contribution in [0.2, 0.25) is 5.02 Å². The molecule has 1 N–H and O–H groups in total. The zero-order valence-corrected chi connectivity index (χ0v) is 12.0. The molecule has 98 valence electrons. The summed E-state index contributed by atoms with van der Waals surface area (Å²) in [7, 11) is 0. The number of halogens is 2. The zero-order valence-electron chi connectivity index (χ0n) is 10.5. The van der Waals surface area contributed by atoms with Gasteiger partial charge in [0, 0.05) is 5.75 Å². The van der Waals surface area contributed by atoms with E-state index in [0.29, 0.717) is 10.7 Å². The van der Waals surface area contributed by atoms with Crippen LogP contribution in [-0.4, -0.2) is 16.5 Å². The lowest BCUT2D eigenvalue weighted by molar-refractivity contribution is 0.456. The van der Waals surface area contributed by atoms with E-state index in [1.54, 1.807) is 17.8 Å². The van der Waals surface area contributed by atoms with Gasteiger partial charge < -0.3 is 5.32 Å². The average molecular weight is 287 g/mol. The second-order valence-electron chi connectivity index (χ2n) is 4.39. The van der Waals surface area contributed by atoms with Crippen molar-refractivity contribution in [2.75, 3.05) is 11.1 Å². The maximum absolute atomic E-state index is 12.9. The number of aliphatic imine (C=N–C) groups is 1. The molecule has 1 aromatic rings. The minimum atomic E-state index is -0.331. The third kappa shape index (κ3) is 2.81. The number of benzene rings is 1. The molecule has 0 saturated heterocycles. The number of hydrogen-bond acceptors (Lipinski definition) is 3. The van der Waals surface area contributed by atoms with Gasteiger partial charge in [0.05, 0.1) is 16.2 Å². The third-order valence-electron chi connectivity index (χ3n) is 3.31. The lowest BCUT2D eigenvalue weighted by Gasteiger charge is -2.20. The molecule has 0 atom stereocenters. The Bertz CT molecular complexity index is 472. The standard InChI is InChI=1S/C13H16ClFN2S/c1-3-13(4-2)8-18-12(17-13)16-11-6-5-9(15)7-10(11)14/h5-7H,3-4,8H2,1-2H3,(H,16,17). The third-order valence-corrected chi connectivity index (χ3v) is 4.77. The summed E-state index contributed by atoms with van der Waals surface area (Å²) >= 11 is 7.67. The predicted molar refractivity (Wildman–Crippen MR) is 78.2 cm³/mol. The summed E-state index contributed by atoms with van der Waals surface area (Å²) in [4.78, 5) is 4.73. The summed E-state index contributed by atoms with van der Waals surface area (Å²) in [5.74, 6) is 0.657. The second kappa shape index (κ2) is 5.49. The van der Waals surface area contributed by atoms with Crippen LogP contribution in [0, 0.1) is 5.82 Å². The molecule has 5 heteroatoms. The Kier molecular flexibility index (Phi) is 4.17. The monoisotopic (exact) mass is 286 g/mol. The fourth-order valence-corrected chi connectivity index (χ4v) is 3.40. The molecule has 0 amide bonds. The maximum Gasteiger partial charge on any atom is 0.161 e. The number of rotatable bonds is 3. The molecule has 1 aliphatic heterocycles. The largest absolute Gasteiger partial charge is 0.334 e. The molecule has 2 rings (SSSR count). The summed E-state index contributed by atoms with van der Waals surface area (Å²) in [6.07, 6.45) is 2.05. The number of anilines is 1. The molecular formula is C13H16ClFN2S. The molecular weight excluding hydrogens is 271 g/mol. The van der Waals surface area contributed by atoms with E-state index in [2.05, 4.69) is 19.2 Å². The van der Waals surface area contributed by atoms with Crippen molar-refractivity contribution in [3.05, 3.63) is 29.0 Å². The molecule has 2 nitrogen and oxygen atoms in total. The van der Waals surface area contributed by atoms with Gasteiger partial charge >= 0.3 is 0 Å². The first kappa shape index (κ1) is 13.7. The Balaban J connectivity index is 2.15. The number of nitrogens with one attached hydrogen (secondary N) is 1. The van der Waals surface area contributed by atoms with E-state index < -0.39 is 0 Å². The van der Waals surface area contributed by atoms with Crippen molar-refractivity contribution < 1.29 is 4.39 Å². The van der Waals surface area contributed by atoms with E-state index >= 15 is 0 Å². The Morgan fingerprint density at radius 2 is 2.17 bits per heavy atom. The zero-order chi connectivity index (χ0) is 13.2. The van der Waals surface area contributed by atoms with Crippen molar-refractivity contribution in [1.29, 1.82) is 0 Å². The van der Waals surface area contributed by atoms with Crippen LogP contribution >= 0.6 is 23.4 Å². The highest BCUT2D eigenvalue weighted by atomic mass is 35.5. The van der Waals surface area contributed by atoms with Gasteiger partial charge in [-0.2, -0.15) is 0 Å². The van der Waals surface area contributed by atoms with Crippen molar-refractivity contribution >= 4 is 34.2 Å². The first-order valence-corrected chi connectivity index (χ1v) is 7.39. The van der Waals surface area contributed by atoms with Gasteiger partial charge in [0.25, 0.3) is 0 Å². The number of nitrogens with zero attached hydrogens (tertiary/aromatic N) is 1. The van der Waals surface area contributed by atoms with E-state index in [-0.39, 0.29) is 11.4 Å². The normalized spacial score (nSPS) is 17.7. The lowest BCUT2D eigenvalue weighted by atomic mass is 9.97. The number of thioether (sulfide) groups is 1. The van der Waals surface area contributed by atoms with E-state index in [1.165, 1.54) is 12.1 Å². The summed E-state index contributed by atoms with van der Waals surface area (Å²) in [6.45, 7) is 4.31. The molecule has 1 heterocycles. The first-order valence-electron chi connectivity index (χ1n) is 6.03. The van der Waals surface area contributed by atoms with Crippen molar-refractivity contribution in [3.8, 4) is 0 Å². The Hall–Kier alpha value is -0.740. The van der Waals surface area contributed by atoms with Gasteiger partial charge in [0.15, 0.2) is 5.17 Å². The quantitative estimate of drug-likeness (QED) is 0.881. The Morgan fingerprint density at radius 1 is 1.44 bits per heavy atom. The topological polar surface area (TPSA) is 24.4 Å².